The molecule has 4 aromatic heterocycles. The number of rotatable bonds is 5. The molecule has 34 heavy (non-hydrogen) atoms. The van der Waals surface area contributed by atoms with Crippen molar-refractivity contribution in [3.8, 4) is 22.6 Å². The number of pyridine rings is 1. The van der Waals surface area contributed by atoms with Gasteiger partial charge >= 0.3 is 0 Å². The number of anilines is 1. The largest absolute Gasteiger partial charge is 0.466 e. The monoisotopic (exact) mass is 456 g/mol. The topological polar surface area (TPSA) is 123 Å². The lowest BCUT2D eigenvalue weighted by molar-refractivity contribution is 0.102. The lowest BCUT2D eigenvalue weighted by Crippen LogP contribution is -2.14. The van der Waals surface area contributed by atoms with Crippen molar-refractivity contribution in [3.05, 3.63) is 65.0 Å². The number of fused-ring (bicyclic) bond motifs is 1. The molecule has 0 radical (unpaired) electrons. The van der Waals surface area contributed by atoms with Gasteiger partial charge in [0, 0.05) is 17.0 Å². The number of aromatic nitrogens is 5. The van der Waals surface area contributed by atoms with E-state index in [4.69, 9.17) is 8.94 Å². The van der Waals surface area contributed by atoms with Crippen LogP contribution in [0.5, 0.6) is 0 Å². The molecule has 2 N–H and O–H groups in total. The normalized spacial score (nSPS) is 11.5. The number of H-pyrrole nitrogens is 1. The number of nitrogens with one attached hydrogen (secondary N) is 2. The number of aromatic amines is 1. The summed E-state index contributed by atoms with van der Waals surface area (Å²) < 4.78 is 11.1. The molecule has 172 valence electrons. The smallest absolute Gasteiger partial charge is 0.259 e. The first-order valence-electron chi connectivity index (χ1n) is 11.0. The standard InChI is InChI=1S/C25H24N6O3/c1-12(2)22-28-23(30-29-22)16-8-6-7-9-19(16)26-24(32)18-11-20(17-10-13(3)33-15(17)5)27-25-21(18)14(4)31-34-25/h6-12H,1-5H3,(H,26,32)(H,28,29,30). The van der Waals surface area contributed by atoms with E-state index in [0.29, 0.717) is 50.9 Å². The van der Waals surface area contributed by atoms with Gasteiger partial charge in [0.2, 0.25) is 0 Å². The van der Waals surface area contributed by atoms with Crippen LogP contribution in [0.15, 0.2) is 45.3 Å². The molecule has 0 saturated carbocycles. The molecule has 0 aliphatic rings. The van der Waals surface area contributed by atoms with Gasteiger partial charge in [-0.15, -0.1) is 0 Å². The zero-order chi connectivity index (χ0) is 24.0. The van der Waals surface area contributed by atoms with E-state index >= 15 is 0 Å². The van der Waals surface area contributed by atoms with Crippen molar-refractivity contribution < 1.29 is 13.7 Å². The van der Waals surface area contributed by atoms with Gasteiger partial charge in [-0.25, -0.2) is 9.97 Å². The van der Waals surface area contributed by atoms with Gasteiger partial charge in [-0.05, 0) is 45.0 Å². The highest BCUT2D eigenvalue weighted by molar-refractivity contribution is 6.14. The predicted molar refractivity (Wildman–Crippen MR) is 128 cm³/mol. The van der Waals surface area contributed by atoms with E-state index in [1.54, 1.807) is 13.0 Å². The molecule has 0 unspecified atom stereocenters. The molecular formula is C25H24N6O3. The summed E-state index contributed by atoms with van der Waals surface area (Å²) in [4.78, 5) is 22.7. The Bertz CT molecular complexity index is 1520. The highest BCUT2D eigenvalue weighted by Crippen LogP contribution is 2.32. The number of benzene rings is 1. The van der Waals surface area contributed by atoms with E-state index < -0.39 is 0 Å². The molecule has 0 aliphatic heterocycles. The number of carbonyl (C=O) groups excluding carboxylic acids is 1. The van der Waals surface area contributed by atoms with Crippen molar-refractivity contribution in [2.45, 2.75) is 40.5 Å². The van der Waals surface area contributed by atoms with E-state index in [9.17, 15) is 4.79 Å². The van der Waals surface area contributed by atoms with Crippen LogP contribution in [-0.4, -0.2) is 31.2 Å². The lowest BCUT2D eigenvalue weighted by atomic mass is 10.0. The van der Waals surface area contributed by atoms with Crippen molar-refractivity contribution >= 4 is 22.7 Å². The third-order valence-corrected chi connectivity index (χ3v) is 5.64. The summed E-state index contributed by atoms with van der Waals surface area (Å²) in [6.07, 6.45) is 0. The van der Waals surface area contributed by atoms with Gasteiger partial charge in [0.1, 0.15) is 17.3 Å². The van der Waals surface area contributed by atoms with Gasteiger partial charge in [-0.3, -0.25) is 9.89 Å². The Kier molecular flexibility index (Phi) is 5.24. The van der Waals surface area contributed by atoms with Crippen LogP contribution in [0.25, 0.3) is 33.7 Å². The Labute approximate surface area is 195 Å². The second-order valence-corrected chi connectivity index (χ2v) is 8.53. The number of hydrogen-bond donors (Lipinski definition) is 2. The Hall–Kier alpha value is -4.27. The lowest BCUT2D eigenvalue weighted by Gasteiger charge is -2.10. The van der Waals surface area contributed by atoms with E-state index in [0.717, 1.165) is 17.1 Å². The van der Waals surface area contributed by atoms with Crippen LogP contribution in [0.3, 0.4) is 0 Å². The fraction of sp³-hybridized carbons (Fsp3) is 0.240. The second-order valence-electron chi connectivity index (χ2n) is 8.53. The van der Waals surface area contributed by atoms with Gasteiger partial charge in [0.15, 0.2) is 5.82 Å². The first kappa shape index (κ1) is 21.6. The molecule has 0 spiro atoms. The highest BCUT2D eigenvalue weighted by atomic mass is 16.5. The van der Waals surface area contributed by atoms with Gasteiger partial charge < -0.3 is 14.3 Å². The molecule has 0 aliphatic carbocycles. The molecule has 5 aromatic rings. The van der Waals surface area contributed by atoms with Gasteiger partial charge in [0.25, 0.3) is 11.6 Å². The molecule has 9 heteroatoms. The molecule has 0 atom stereocenters. The van der Waals surface area contributed by atoms with Crippen LogP contribution >= 0.6 is 0 Å². The fourth-order valence-electron chi connectivity index (χ4n) is 3.93. The molecule has 1 aromatic carbocycles. The van der Waals surface area contributed by atoms with Gasteiger partial charge in [-0.2, -0.15) is 5.10 Å². The Morgan fingerprint density at radius 1 is 1.06 bits per heavy atom. The maximum absolute atomic E-state index is 13.6. The maximum atomic E-state index is 13.6. The minimum Gasteiger partial charge on any atom is -0.466 e. The Balaban J connectivity index is 1.57. The van der Waals surface area contributed by atoms with E-state index in [2.05, 4.69) is 30.6 Å². The van der Waals surface area contributed by atoms with Crippen LogP contribution < -0.4 is 5.32 Å². The number of carbonyl (C=O) groups is 1. The van der Waals surface area contributed by atoms with Crippen molar-refractivity contribution in [3.63, 3.8) is 0 Å². The summed E-state index contributed by atoms with van der Waals surface area (Å²) in [5.74, 6) is 2.66. The first-order chi connectivity index (χ1) is 16.3. The summed E-state index contributed by atoms with van der Waals surface area (Å²) in [5, 5.41) is 14.9. The molecule has 1 amide bonds. The zero-order valence-corrected chi connectivity index (χ0v) is 19.6. The summed E-state index contributed by atoms with van der Waals surface area (Å²) in [6.45, 7) is 9.58. The number of hydrogen-bond acceptors (Lipinski definition) is 7. The Morgan fingerprint density at radius 3 is 2.56 bits per heavy atom. The summed E-state index contributed by atoms with van der Waals surface area (Å²) in [5.41, 5.74) is 3.97. The third-order valence-electron chi connectivity index (χ3n) is 5.64. The molecule has 0 saturated heterocycles. The van der Waals surface area contributed by atoms with Crippen molar-refractivity contribution in [1.82, 2.24) is 25.3 Å². The second kappa shape index (κ2) is 8.26. The average molecular weight is 457 g/mol. The minimum absolute atomic E-state index is 0.207. The van der Waals surface area contributed by atoms with Crippen molar-refractivity contribution in [2.75, 3.05) is 5.32 Å². The van der Waals surface area contributed by atoms with Gasteiger partial charge in [-0.1, -0.05) is 31.1 Å². The summed E-state index contributed by atoms with van der Waals surface area (Å²) in [6, 6.07) is 11.1. The minimum atomic E-state index is -0.315. The molecule has 5 rings (SSSR count). The van der Waals surface area contributed by atoms with Crippen LogP contribution in [-0.2, 0) is 0 Å². The van der Waals surface area contributed by atoms with Crippen LogP contribution in [0.4, 0.5) is 5.69 Å². The van der Waals surface area contributed by atoms with E-state index in [-0.39, 0.29) is 11.8 Å². The number of nitrogens with zero attached hydrogens (tertiary/aromatic N) is 4. The molecule has 9 nitrogen and oxygen atoms in total. The van der Waals surface area contributed by atoms with Crippen LogP contribution in [0.1, 0.15) is 53.2 Å². The molecular weight excluding hydrogens is 432 g/mol. The number of para-hydroxylation sites is 1. The highest BCUT2D eigenvalue weighted by Gasteiger charge is 2.22. The maximum Gasteiger partial charge on any atom is 0.259 e. The van der Waals surface area contributed by atoms with E-state index in [1.165, 1.54) is 0 Å². The number of aryl methyl sites for hydroxylation is 3. The van der Waals surface area contributed by atoms with Crippen molar-refractivity contribution in [2.24, 2.45) is 0 Å². The summed E-state index contributed by atoms with van der Waals surface area (Å²) >= 11 is 0. The number of amides is 1. The number of furan rings is 1. The Morgan fingerprint density at radius 2 is 1.85 bits per heavy atom. The molecule has 0 fully saturated rings. The summed E-state index contributed by atoms with van der Waals surface area (Å²) in [7, 11) is 0. The quantitative estimate of drug-likeness (QED) is 0.354. The van der Waals surface area contributed by atoms with Crippen LogP contribution in [0.2, 0.25) is 0 Å². The molecule has 0 bridgehead atoms. The third kappa shape index (κ3) is 3.75. The first-order valence-corrected chi connectivity index (χ1v) is 11.0. The molecule has 4 heterocycles. The van der Waals surface area contributed by atoms with E-state index in [1.807, 2.05) is 58.0 Å². The van der Waals surface area contributed by atoms with Crippen LogP contribution in [0, 0.1) is 20.8 Å². The van der Waals surface area contributed by atoms with Gasteiger partial charge in [0.05, 0.1) is 28.0 Å². The SMILES string of the molecule is Cc1cc(-c2cc(C(=O)Nc3ccccc3-c3n[nH]c(C(C)C)n3)c3c(C)noc3n2)c(C)o1. The average Bonchev–Trinajstić information content (AvgIpc) is 3.52. The van der Waals surface area contributed by atoms with Crippen molar-refractivity contribution in [1.29, 1.82) is 0 Å². The zero-order valence-electron chi connectivity index (χ0n) is 19.6. The fourth-order valence-corrected chi connectivity index (χ4v) is 3.93. The predicted octanol–water partition coefficient (Wildman–Crippen LogP) is 5.57.